The Kier molecular flexibility index (Phi) is 4.33. The average Bonchev–Trinajstić information content (AvgIpc) is 2.19. The summed E-state index contributed by atoms with van der Waals surface area (Å²) in [6, 6.07) is 7.88. The van der Waals surface area contributed by atoms with Gasteiger partial charge in [0.2, 0.25) is 0 Å². The molecule has 1 rings (SSSR count). The van der Waals surface area contributed by atoms with Crippen LogP contribution in [0.3, 0.4) is 0 Å². The van der Waals surface area contributed by atoms with Gasteiger partial charge in [-0.05, 0) is 24.1 Å². The normalized spacial score (nSPS) is 10.0. The van der Waals surface area contributed by atoms with E-state index >= 15 is 0 Å². The monoisotopic (exact) mass is 179 g/mol. The highest BCUT2D eigenvalue weighted by atomic mass is 16.5. The van der Waals surface area contributed by atoms with Gasteiger partial charge in [-0.2, -0.15) is 0 Å². The summed E-state index contributed by atoms with van der Waals surface area (Å²) in [6.07, 6.45) is 0.934. The second-order valence-electron chi connectivity index (χ2n) is 2.74. The Balaban J connectivity index is 2.46. The molecule has 0 atom stereocenters. The standard InChI is InChI=1S/C11H15O2/c1-3-7-13-9-10-5-4-6-11(8-10)12-2/h4-8H,3,9H2,1-2H3. The summed E-state index contributed by atoms with van der Waals surface area (Å²) < 4.78 is 10.4. The maximum atomic E-state index is 5.29. The van der Waals surface area contributed by atoms with Gasteiger partial charge in [-0.25, -0.2) is 0 Å². The van der Waals surface area contributed by atoms with Crippen molar-refractivity contribution in [1.29, 1.82) is 0 Å². The van der Waals surface area contributed by atoms with Crippen molar-refractivity contribution in [3.05, 3.63) is 36.4 Å². The minimum Gasteiger partial charge on any atom is -0.497 e. The highest BCUT2D eigenvalue weighted by Gasteiger charge is 1.95. The number of ether oxygens (including phenoxy) is 2. The highest BCUT2D eigenvalue weighted by Crippen LogP contribution is 2.13. The Hall–Kier alpha value is -1.02. The molecule has 2 heteroatoms. The maximum absolute atomic E-state index is 5.29. The van der Waals surface area contributed by atoms with Crippen LogP contribution >= 0.6 is 0 Å². The highest BCUT2D eigenvalue weighted by molar-refractivity contribution is 5.27. The van der Waals surface area contributed by atoms with Crippen LogP contribution in [0, 0.1) is 6.61 Å². The zero-order chi connectivity index (χ0) is 9.52. The van der Waals surface area contributed by atoms with E-state index in [4.69, 9.17) is 9.47 Å². The lowest BCUT2D eigenvalue weighted by molar-refractivity contribution is 0.180. The molecule has 0 unspecified atom stereocenters. The molecule has 0 amide bonds. The zero-order valence-corrected chi connectivity index (χ0v) is 8.12. The van der Waals surface area contributed by atoms with Crippen LogP contribution in [0.25, 0.3) is 0 Å². The van der Waals surface area contributed by atoms with E-state index in [0.29, 0.717) is 6.61 Å². The van der Waals surface area contributed by atoms with E-state index in [-0.39, 0.29) is 0 Å². The van der Waals surface area contributed by atoms with Crippen molar-refractivity contribution in [2.45, 2.75) is 20.0 Å². The molecular weight excluding hydrogens is 164 g/mol. The molecule has 0 saturated heterocycles. The van der Waals surface area contributed by atoms with E-state index in [2.05, 4.69) is 0 Å². The molecule has 0 bridgehead atoms. The SMILES string of the molecule is CC[CH]OCc1cccc(OC)c1. The molecule has 0 aromatic heterocycles. The molecule has 0 aliphatic heterocycles. The molecule has 1 aromatic carbocycles. The fourth-order valence-corrected chi connectivity index (χ4v) is 1.04. The average molecular weight is 179 g/mol. The van der Waals surface area contributed by atoms with Crippen molar-refractivity contribution in [2.75, 3.05) is 7.11 Å². The number of hydrogen-bond donors (Lipinski definition) is 0. The van der Waals surface area contributed by atoms with Crippen molar-refractivity contribution in [3.63, 3.8) is 0 Å². The molecule has 0 saturated carbocycles. The third-order valence-corrected chi connectivity index (χ3v) is 1.67. The van der Waals surface area contributed by atoms with Crippen LogP contribution in [0.2, 0.25) is 0 Å². The van der Waals surface area contributed by atoms with Crippen LogP contribution in [0.15, 0.2) is 24.3 Å². The lowest BCUT2D eigenvalue weighted by Gasteiger charge is -2.04. The molecule has 0 heterocycles. The van der Waals surface area contributed by atoms with Crippen LogP contribution in [0.5, 0.6) is 5.75 Å². The summed E-state index contributed by atoms with van der Waals surface area (Å²) in [7, 11) is 1.66. The van der Waals surface area contributed by atoms with E-state index < -0.39 is 0 Å². The summed E-state index contributed by atoms with van der Waals surface area (Å²) in [5.74, 6) is 0.873. The lowest BCUT2D eigenvalue weighted by atomic mass is 10.2. The smallest absolute Gasteiger partial charge is 0.119 e. The molecule has 71 valence electrons. The fourth-order valence-electron chi connectivity index (χ4n) is 1.04. The largest absolute Gasteiger partial charge is 0.497 e. The third-order valence-electron chi connectivity index (χ3n) is 1.67. The third kappa shape index (κ3) is 3.47. The maximum Gasteiger partial charge on any atom is 0.119 e. The van der Waals surface area contributed by atoms with Crippen molar-refractivity contribution in [3.8, 4) is 5.75 Å². The van der Waals surface area contributed by atoms with Gasteiger partial charge in [0.15, 0.2) is 0 Å². The van der Waals surface area contributed by atoms with Crippen LogP contribution in [-0.4, -0.2) is 7.11 Å². The van der Waals surface area contributed by atoms with Gasteiger partial charge in [0.05, 0.1) is 20.3 Å². The van der Waals surface area contributed by atoms with Gasteiger partial charge < -0.3 is 9.47 Å². The van der Waals surface area contributed by atoms with Gasteiger partial charge in [-0.3, -0.25) is 0 Å². The van der Waals surface area contributed by atoms with Gasteiger partial charge in [0, 0.05) is 0 Å². The van der Waals surface area contributed by atoms with Crippen LogP contribution in [-0.2, 0) is 11.3 Å². The molecule has 0 aliphatic carbocycles. The van der Waals surface area contributed by atoms with Crippen molar-refractivity contribution < 1.29 is 9.47 Å². The molecule has 0 aliphatic rings. The van der Waals surface area contributed by atoms with E-state index in [0.717, 1.165) is 17.7 Å². The van der Waals surface area contributed by atoms with Gasteiger partial charge in [-0.1, -0.05) is 19.1 Å². The lowest BCUT2D eigenvalue weighted by Crippen LogP contribution is -1.90. The number of rotatable bonds is 5. The van der Waals surface area contributed by atoms with Crippen molar-refractivity contribution in [2.24, 2.45) is 0 Å². The van der Waals surface area contributed by atoms with Crippen LogP contribution < -0.4 is 4.74 Å². The molecule has 1 aromatic rings. The van der Waals surface area contributed by atoms with Gasteiger partial charge in [0.25, 0.3) is 0 Å². The zero-order valence-electron chi connectivity index (χ0n) is 8.12. The fraction of sp³-hybridized carbons (Fsp3) is 0.364. The first-order valence-corrected chi connectivity index (χ1v) is 4.43. The van der Waals surface area contributed by atoms with E-state index in [1.54, 1.807) is 13.7 Å². The summed E-state index contributed by atoms with van der Waals surface area (Å²) in [5.41, 5.74) is 1.13. The first kappa shape index (κ1) is 10.1. The number of hydrogen-bond acceptors (Lipinski definition) is 2. The molecular formula is C11H15O2. The molecule has 2 nitrogen and oxygen atoms in total. The minimum absolute atomic E-state index is 0.616. The summed E-state index contributed by atoms with van der Waals surface area (Å²) in [4.78, 5) is 0. The summed E-state index contributed by atoms with van der Waals surface area (Å²) in [5, 5.41) is 0. The van der Waals surface area contributed by atoms with E-state index in [1.165, 1.54) is 0 Å². The second-order valence-corrected chi connectivity index (χ2v) is 2.74. The predicted molar refractivity (Wildman–Crippen MR) is 52.4 cm³/mol. The molecule has 1 radical (unpaired) electrons. The second kappa shape index (κ2) is 5.60. The first-order valence-electron chi connectivity index (χ1n) is 4.43. The molecule has 13 heavy (non-hydrogen) atoms. The Labute approximate surface area is 79.5 Å². The van der Waals surface area contributed by atoms with E-state index in [1.807, 2.05) is 31.2 Å². The Bertz CT molecular complexity index is 246. The Morgan fingerprint density at radius 2 is 2.23 bits per heavy atom. The van der Waals surface area contributed by atoms with Crippen molar-refractivity contribution in [1.82, 2.24) is 0 Å². The first-order chi connectivity index (χ1) is 6.36. The van der Waals surface area contributed by atoms with E-state index in [9.17, 15) is 0 Å². The Morgan fingerprint density at radius 3 is 2.92 bits per heavy atom. The quantitative estimate of drug-likeness (QED) is 0.647. The topological polar surface area (TPSA) is 18.5 Å². The summed E-state index contributed by atoms with van der Waals surface area (Å²) in [6.45, 7) is 4.47. The predicted octanol–water partition coefficient (Wildman–Crippen LogP) is 2.78. The van der Waals surface area contributed by atoms with Crippen LogP contribution in [0.4, 0.5) is 0 Å². The van der Waals surface area contributed by atoms with Crippen molar-refractivity contribution >= 4 is 0 Å². The number of methoxy groups -OCH3 is 1. The molecule has 0 N–H and O–H groups in total. The van der Waals surface area contributed by atoms with Gasteiger partial charge >= 0.3 is 0 Å². The summed E-state index contributed by atoms with van der Waals surface area (Å²) >= 11 is 0. The Morgan fingerprint density at radius 1 is 1.38 bits per heavy atom. The number of benzene rings is 1. The molecule has 0 spiro atoms. The van der Waals surface area contributed by atoms with Gasteiger partial charge in [-0.15, -0.1) is 0 Å². The van der Waals surface area contributed by atoms with Crippen LogP contribution in [0.1, 0.15) is 18.9 Å². The molecule has 0 fully saturated rings. The minimum atomic E-state index is 0.616. The van der Waals surface area contributed by atoms with Gasteiger partial charge in [0.1, 0.15) is 5.75 Å².